The van der Waals surface area contributed by atoms with E-state index >= 15 is 0 Å². The molecule has 0 aliphatic carbocycles. The van der Waals surface area contributed by atoms with Gasteiger partial charge in [-0.05, 0) is 109 Å². The van der Waals surface area contributed by atoms with Crippen LogP contribution in [0, 0.1) is 44.4 Å². The van der Waals surface area contributed by atoms with Gasteiger partial charge < -0.3 is 52.3 Å². The van der Waals surface area contributed by atoms with Crippen molar-refractivity contribution in [1.82, 2.24) is 4.90 Å². The Balaban J connectivity index is 1.69. The molecule has 2 saturated heterocycles. The number of aliphatic hydroxyl groups is 1. The molecule has 1 N–H and O–H groups in total. The van der Waals surface area contributed by atoms with Gasteiger partial charge in [0, 0.05) is 29.9 Å². The topological polar surface area (TPSA) is 124 Å². The Bertz CT molecular complexity index is 1750. The Morgan fingerprint density at radius 1 is 0.954 bits per heavy atom. The lowest BCUT2D eigenvalue weighted by Crippen LogP contribution is -2.59. The normalized spacial score (nSPS) is 27.6. The molecule has 1 unspecified atom stereocenters. The van der Waals surface area contributed by atoms with Crippen molar-refractivity contribution in [2.24, 2.45) is 23.7 Å². The average Bonchev–Trinajstić information content (AvgIpc) is 3.22. The smallest absolute Gasteiger partial charge is 0.438 e. The summed E-state index contributed by atoms with van der Waals surface area (Å²) in [6.07, 6.45) is -3.27. The molecular formula is C52H87NO11Si. The zero-order chi connectivity index (χ0) is 48.6. The van der Waals surface area contributed by atoms with Gasteiger partial charge in [-0.1, -0.05) is 103 Å². The van der Waals surface area contributed by atoms with Gasteiger partial charge >= 0.3 is 6.16 Å². The van der Waals surface area contributed by atoms with Crippen LogP contribution in [0.4, 0.5) is 4.79 Å². The molecule has 2 aliphatic rings. The summed E-state index contributed by atoms with van der Waals surface area (Å²) in [7, 11) is 2.99. The number of carbonyl (C=O) groups is 1. The molecule has 2 aromatic carbocycles. The van der Waals surface area contributed by atoms with E-state index in [0.717, 1.165) is 28.7 Å². The van der Waals surface area contributed by atoms with E-state index in [1.807, 2.05) is 63.2 Å². The first-order chi connectivity index (χ1) is 30.3. The van der Waals surface area contributed by atoms with Crippen LogP contribution in [-0.2, 0) is 48.9 Å². The molecule has 0 amide bonds. The number of likely N-dealkylation sites (N-methyl/N-ethyl adjacent to an activating group) is 1. The fraction of sp³-hybridized carbons (Fsp3) is 0.750. The lowest BCUT2D eigenvalue weighted by atomic mass is 9.75. The van der Waals surface area contributed by atoms with E-state index in [4.69, 9.17) is 42.3 Å². The van der Waals surface area contributed by atoms with Gasteiger partial charge in [0.15, 0.2) is 27.0 Å². The molecule has 14 atom stereocenters. The van der Waals surface area contributed by atoms with Crippen molar-refractivity contribution >= 4 is 14.5 Å². The van der Waals surface area contributed by atoms with Gasteiger partial charge in [0.1, 0.15) is 6.79 Å². The first-order valence-corrected chi connectivity index (χ1v) is 26.9. The van der Waals surface area contributed by atoms with Crippen LogP contribution in [0.5, 0.6) is 0 Å². The molecule has 0 bridgehead atoms. The number of carbonyl (C=O) groups excluding carboxylic acids is 1. The summed E-state index contributed by atoms with van der Waals surface area (Å²) in [6, 6.07) is 14.2. The van der Waals surface area contributed by atoms with Crippen LogP contribution in [0.25, 0.3) is 0 Å². The Morgan fingerprint density at radius 3 is 2.14 bits per heavy atom. The van der Waals surface area contributed by atoms with Crippen molar-refractivity contribution in [3.8, 4) is 0 Å². The quantitative estimate of drug-likeness (QED) is 0.0555. The van der Waals surface area contributed by atoms with E-state index in [1.165, 1.54) is 12.7 Å². The molecular weight excluding hydrogens is 843 g/mol. The summed E-state index contributed by atoms with van der Waals surface area (Å²) in [5, 5.41) is 13.0. The van der Waals surface area contributed by atoms with Gasteiger partial charge in [-0.3, -0.25) is 0 Å². The molecule has 2 aromatic rings. The van der Waals surface area contributed by atoms with Crippen molar-refractivity contribution in [2.45, 2.75) is 195 Å². The van der Waals surface area contributed by atoms with Crippen LogP contribution < -0.4 is 0 Å². The summed E-state index contributed by atoms with van der Waals surface area (Å²) in [5.41, 5.74) is 4.08. The number of benzene rings is 2. The maximum atomic E-state index is 13.0. The highest BCUT2D eigenvalue weighted by Crippen LogP contribution is 2.45. The summed E-state index contributed by atoms with van der Waals surface area (Å²) < 4.78 is 57.8. The van der Waals surface area contributed by atoms with Crippen LogP contribution in [0.15, 0.2) is 42.5 Å². The third-order valence-electron chi connectivity index (χ3n) is 14.4. The average molecular weight is 930 g/mol. The van der Waals surface area contributed by atoms with Gasteiger partial charge in [0.25, 0.3) is 0 Å². The van der Waals surface area contributed by atoms with Crippen molar-refractivity contribution in [3.63, 3.8) is 0 Å². The highest BCUT2D eigenvalue weighted by atomic mass is 28.4. The van der Waals surface area contributed by atoms with Crippen LogP contribution in [0.3, 0.4) is 0 Å². The van der Waals surface area contributed by atoms with Crippen molar-refractivity contribution in [3.05, 3.63) is 70.3 Å². The van der Waals surface area contributed by atoms with E-state index in [1.54, 1.807) is 0 Å². The Morgan fingerprint density at radius 2 is 1.57 bits per heavy atom. The van der Waals surface area contributed by atoms with Crippen LogP contribution in [0.1, 0.15) is 123 Å². The van der Waals surface area contributed by atoms with Gasteiger partial charge in [0.05, 0.1) is 55.9 Å². The molecule has 0 spiro atoms. The summed E-state index contributed by atoms with van der Waals surface area (Å²) >= 11 is 0. The predicted octanol–water partition coefficient (Wildman–Crippen LogP) is 10.7. The minimum Gasteiger partial charge on any atom is -0.438 e. The third kappa shape index (κ3) is 14.5. The number of rotatable bonds is 21. The second-order valence-electron chi connectivity index (χ2n) is 21.4. The van der Waals surface area contributed by atoms with E-state index in [2.05, 4.69) is 101 Å². The number of methoxy groups -OCH3 is 1. The zero-order valence-electron chi connectivity index (χ0n) is 43.3. The van der Waals surface area contributed by atoms with E-state index < -0.39 is 44.9 Å². The van der Waals surface area contributed by atoms with Gasteiger partial charge in [-0.25, -0.2) is 4.79 Å². The molecule has 2 aliphatic heterocycles. The highest BCUT2D eigenvalue weighted by molar-refractivity contribution is 6.74. The SMILES string of the molecule is CC[C@@H](OCOCc1ccccc1)[C@H](C)[C@@H]1OC(c2c(C)cc(C)cc2C)O[C@@H]([C@H](C)C[C@@](C)(O)[C@H](O[C@@H]2O[C@@H](C)C[C@@H](N(C)C)[C@H]2OC(=O)OC)[C@@H](C)CO[Si](C)(C)C(C)(C)C)[C@@H]1C. The van der Waals surface area contributed by atoms with Crippen molar-refractivity contribution in [1.29, 1.82) is 0 Å². The second kappa shape index (κ2) is 23.7. The number of ether oxygens (including phenoxy) is 8. The maximum Gasteiger partial charge on any atom is 0.508 e. The first kappa shape index (κ1) is 55.2. The minimum atomic E-state index is -2.19. The van der Waals surface area contributed by atoms with E-state index in [-0.39, 0.29) is 66.0 Å². The minimum absolute atomic E-state index is 0.0200. The molecule has 0 saturated carbocycles. The molecule has 4 rings (SSSR count). The lowest BCUT2D eigenvalue weighted by Gasteiger charge is -2.49. The van der Waals surface area contributed by atoms with E-state index in [9.17, 15) is 9.90 Å². The molecule has 13 heteroatoms. The number of nitrogens with zero attached hydrogens (tertiary/aromatic N) is 1. The summed E-state index contributed by atoms with van der Waals surface area (Å²) in [5.74, 6) is -0.569. The molecule has 65 heavy (non-hydrogen) atoms. The summed E-state index contributed by atoms with van der Waals surface area (Å²) in [4.78, 5) is 14.7. The van der Waals surface area contributed by atoms with Crippen molar-refractivity contribution < 1.29 is 52.2 Å². The van der Waals surface area contributed by atoms with Crippen LogP contribution in [0.2, 0.25) is 18.1 Å². The van der Waals surface area contributed by atoms with Gasteiger partial charge in [-0.15, -0.1) is 0 Å². The zero-order valence-corrected chi connectivity index (χ0v) is 44.3. The van der Waals surface area contributed by atoms with Crippen LogP contribution in [-0.4, -0.2) is 114 Å². The number of aryl methyl sites for hydroxylation is 3. The predicted molar refractivity (Wildman–Crippen MR) is 258 cm³/mol. The van der Waals surface area contributed by atoms with Gasteiger partial charge in [-0.2, -0.15) is 0 Å². The molecule has 0 aromatic heterocycles. The Kier molecular flexibility index (Phi) is 20.1. The fourth-order valence-electron chi connectivity index (χ4n) is 9.92. The molecule has 0 radical (unpaired) electrons. The maximum absolute atomic E-state index is 13.0. The highest BCUT2D eigenvalue weighted by Gasteiger charge is 2.51. The van der Waals surface area contributed by atoms with E-state index in [0.29, 0.717) is 26.1 Å². The van der Waals surface area contributed by atoms with Crippen LogP contribution >= 0.6 is 0 Å². The lowest BCUT2D eigenvalue weighted by molar-refractivity contribution is -0.307. The Labute approximate surface area is 393 Å². The van der Waals surface area contributed by atoms with Crippen molar-refractivity contribution in [2.75, 3.05) is 34.6 Å². The first-order valence-electron chi connectivity index (χ1n) is 24.0. The molecule has 2 fully saturated rings. The molecule has 370 valence electrons. The number of hydrogen-bond donors (Lipinski definition) is 1. The standard InChI is InChI=1S/C52H87NO11Si/c1-19-42(58-31-57-30-40-23-21-20-22-24-40)38(8)45-39(9)44(61-48(62-45)43-33(3)25-32(2)26-34(43)4)35(5)28-52(13,55)47(36(6)29-59-65(17,18)51(10,11)12)64-49-46(63-50(54)56-16)41(53(14)15)27-37(7)60-49/h20-26,35-39,41-42,44-49,55H,19,27-31H2,1-18H3/t35-,36+,37+,38+,39+,41-,42-,44+,45+,46-,47-,48?,49+,52-/m1/s1. The fourth-order valence-corrected chi connectivity index (χ4v) is 11.0. The summed E-state index contributed by atoms with van der Waals surface area (Å²) in [6.45, 7) is 33.0. The Hall–Kier alpha value is -2.43. The third-order valence-corrected chi connectivity index (χ3v) is 18.9. The second-order valence-corrected chi connectivity index (χ2v) is 26.2. The number of hydrogen-bond acceptors (Lipinski definition) is 12. The molecule has 12 nitrogen and oxygen atoms in total. The monoisotopic (exact) mass is 930 g/mol. The molecule has 2 heterocycles. The van der Waals surface area contributed by atoms with Gasteiger partial charge in [0.2, 0.25) is 0 Å². The largest absolute Gasteiger partial charge is 0.508 e.